The Labute approximate surface area is 183 Å². The summed E-state index contributed by atoms with van der Waals surface area (Å²) in [6.45, 7) is 11.0. The van der Waals surface area contributed by atoms with Crippen LogP contribution in [0.25, 0.3) is 0 Å². The van der Waals surface area contributed by atoms with Crippen LogP contribution in [0, 0.1) is 17.8 Å². The molecule has 1 aromatic carbocycles. The lowest BCUT2D eigenvalue weighted by atomic mass is 9.80. The highest BCUT2D eigenvalue weighted by atomic mass is 32.1. The van der Waals surface area contributed by atoms with Crippen LogP contribution < -0.4 is 0 Å². The molecule has 0 N–H and O–H groups in total. The van der Waals surface area contributed by atoms with Gasteiger partial charge in [-0.1, -0.05) is 52.0 Å². The highest BCUT2D eigenvalue weighted by Crippen LogP contribution is 2.45. The minimum atomic E-state index is -0.353. The van der Waals surface area contributed by atoms with Gasteiger partial charge in [0.15, 0.2) is 0 Å². The van der Waals surface area contributed by atoms with Crippen molar-refractivity contribution in [2.45, 2.75) is 46.1 Å². The third kappa shape index (κ3) is 3.92. The fourth-order valence-electron chi connectivity index (χ4n) is 5.27. The highest BCUT2D eigenvalue weighted by Gasteiger charge is 2.46. The Balaban J connectivity index is 1.82. The number of likely N-dealkylation sites (tertiary alicyclic amines) is 1. The number of benzene rings is 1. The first-order chi connectivity index (χ1) is 14.4. The number of carbonyl (C=O) groups excluding carboxylic acids is 2. The van der Waals surface area contributed by atoms with Crippen molar-refractivity contribution in [2.75, 3.05) is 19.6 Å². The first kappa shape index (κ1) is 21.1. The lowest BCUT2D eigenvalue weighted by molar-refractivity contribution is -0.137. The molecule has 0 saturated carbocycles. The summed E-state index contributed by atoms with van der Waals surface area (Å²) in [7, 11) is 0. The summed E-state index contributed by atoms with van der Waals surface area (Å²) in [6, 6.07) is 11.6. The van der Waals surface area contributed by atoms with Crippen molar-refractivity contribution >= 4 is 23.2 Å². The molecule has 3 heterocycles. The quantitative estimate of drug-likeness (QED) is 0.678. The van der Waals surface area contributed by atoms with Gasteiger partial charge in [0, 0.05) is 30.1 Å². The van der Waals surface area contributed by atoms with Crippen LogP contribution in [0.2, 0.25) is 0 Å². The Bertz CT molecular complexity index is 898. The number of hydrogen-bond donors (Lipinski definition) is 0. The van der Waals surface area contributed by atoms with Crippen molar-refractivity contribution in [3.63, 3.8) is 0 Å². The Morgan fingerprint density at radius 3 is 2.43 bits per heavy atom. The lowest BCUT2D eigenvalue weighted by Crippen LogP contribution is -2.51. The fourth-order valence-corrected chi connectivity index (χ4v) is 6.14. The summed E-state index contributed by atoms with van der Waals surface area (Å²) in [6.07, 6.45) is 1.16. The van der Waals surface area contributed by atoms with Crippen molar-refractivity contribution in [1.82, 2.24) is 9.80 Å². The predicted octanol–water partition coefficient (Wildman–Crippen LogP) is 5.19. The largest absolute Gasteiger partial charge is 0.342 e. The first-order valence-corrected chi connectivity index (χ1v) is 12.0. The molecule has 30 heavy (non-hydrogen) atoms. The molecule has 1 fully saturated rings. The van der Waals surface area contributed by atoms with Gasteiger partial charge in [0.25, 0.3) is 5.91 Å². The molecule has 4 rings (SSSR count). The summed E-state index contributed by atoms with van der Waals surface area (Å²) in [4.78, 5) is 32.7. The van der Waals surface area contributed by atoms with E-state index in [4.69, 9.17) is 0 Å². The molecule has 1 aromatic heterocycles. The van der Waals surface area contributed by atoms with E-state index in [0.717, 1.165) is 30.0 Å². The topological polar surface area (TPSA) is 40.6 Å². The maximum absolute atomic E-state index is 14.0. The number of nitrogens with zero attached hydrogens (tertiary/aromatic N) is 2. The molecule has 2 aliphatic heterocycles. The zero-order valence-electron chi connectivity index (χ0n) is 18.4. The monoisotopic (exact) mass is 424 g/mol. The van der Waals surface area contributed by atoms with Gasteiger partial charge in [0.1, 0.15) is 0 Å². The van der Waals surface area contributed by atoms with Crippen LogP contribution >= 0.6 is 11.3 Å². The summed E-state index contributed by atoms with van der Waals surface area (Å²) in [5, 5.41) is 2.04. The molecule has 0 bridgehead atoms. The van der Waals surface area contributed by atoms with Crippen LogP contribution in [0.3, 0.4) is 0 Å². The molecule has 4 nitrogen and oxygen atoms in total. The third-order valence-electron chi connectivity index (χ3n) is 6.28. The molecule has 4 atom stereocenters. The van der Waals surface area contributed by atoms with Gasteiger partial charge in [-0.05, 0) is 47.3 Å². The normalized spacial score (nSPS) is 26.8. The zero-order chi connectivity index (χ0) is 21.4. The smallest absolute Gasteiger partial charge is 0.254 e. The van der Waals surface area contributed by atoms with Crippen LogP contribution in [-0.2, 0) is 4.79 Å². The van der Waals surface area contributed by atoms with Gasteiger partial charge >= 0.3 is 0 Å². The lowest BCUT2D eigenvalue weighted by Gasteiger charge is -2.45. The zero-order valence-corrected chi connectivity index (χ0v) is 19.2. The number of thiophene rings is 1. The van der Waals surface area contributed by atoms with E-state index in [9.17, 15) is 9.59 Å². The second-order valence-electron chi connectivity index (χ2n) is 9.57. The average molecular weight is 425 g/mol. The van der Waals surface area contributed by atoms with Crippen LogP contribution in [0.4, 0.5) is 0 Å². The molecule has 0 unspecified atom stereocenters. The van der Waals surface area contributed by atoms with Crippen molar-refractivity contribution in [3.8, 4) is 0 Å². The van der Waals surface area contributed by atoms with E-state index in [2.05, 4.69) is 38.7 Å². The second kappa shape index (κ2) is 8.54. The van der Waals surface area contributed by atoms with Gasteiger partial charge in [-0.3, -0.25) is 9.59 Å². The molecular formula is C25H32N2O2S. The van der Waals surface area contributed by atoms with E-state index >= 15 is 0 Å². The van der Waals surface area contributed by atoms with E-state index in [1.165, 1.54) is 0 Å². The summed E-state index contributed by atoms with van der Waals surface area (Å²) >= 11 is 1.64. The van der Waals surface area contributed by atoms with E-state index in [0.29, 0.717) is 29.9 Å². The molecule has 5 heteroatoms. The van der Waals surface area contributed by atoms with E-state index < -0.39 is 0 Å². The number of rotatable bonds is 4. The Kier molecular flexibility index (Phi) is 6.01. The highest BCUT2D eigenvalue weighted by molar-refractivity contribution is 7.10. The average Bonchev–Trinajstić information content (AvgIpc) is 3.22. The summed E-state index contributed by atoms with van der Waals surface area (Å²) in [5.41, 5.74) is 1.57. The van der Waals surface area contributed by atoms with Crippen LogP contribution in [0.5, 0.6) is 0 Å². The van der Waals surface area contributed by atoms with Crippen molar-refractivity contribution in [3.05, 3.63) is 57.8 Å². The van der Waals surface area contributed by atoms with Crippen LogP contribution in [0.15, 0.2) is 41.8 Å². The van der Waals surface area contributed by atoms with E-state index in [-0.39, 0.29) is 23.8 Å². The Hall–Kier alpha value is -2.14. The van der Waals surface area contributed by atoms with Crippen LogP contribution in [0.1, 0.15) is 66.9 Å². The molecular weight excluding hydrogens is 392 g/mol. The predicted molar refractivity (Wildman–Crippen MR) is 122 cm³/mol. The van der Waals surface area contributed by atoms with E-state index in [1.54, 1.807) is 11.3 Å². The molecule has 0 aliphatic carbocycles. The van der Waals surface area contributed by atoms with Gasteiger partial charge in [-0.25, -0.2) is 0 Å². The molecule has 0 radical (unpaired) electrons. The number of piperidine rings is 1. The van der Waals surface area contributed by atoms with Gasteiger partial charge < -0.3 is 9.80 Å². The number of fused-ring (bicyclic) bond motifs is 1. The minimum absolute atomic E-state index is 0.0436. The molecule has 0 spiro atoms. The van der Waals surface area contributed by atoms with Crippen molar-refractivity contribution in [2.24, 2.45) is 17.8 Å². The number of hydrogen-bond acceptors (Lipinski definition) is 3. The maximum Gasteiger partial charge on any atom is 0.254 e. The molecule has 1 saturated heterocycles. The van der Waals surface area contributed by atoms with Gasteiger partial charge in [-0.2, -0.15) is 0 Å². The van der Waals surface area contributed by atoms with Gasteiger partial charge in [-0.15, -0.1) is 11.3 Å². The van der Waals surface area contributed by atoms with Gasteiger partial charge in [0.2, 0.25) is 5.91 Å². The Morgan fingerprint density at radius 1 is 1.10 bits per heavy atom. The minimum Gasteiger partial charge on any atom is -0.342 e. The SMILES string of the molecule is CC(C)CN1C(=O)c2ccccc2[C@H](C(=O)N2C[C@H](C)C[C@H](C)C2)[C@H]1c1cccs1. The number of amides is 2. The summed E-state index contributed by atoms with van der Waals surface area (Å²) < 4.78 is 0. The molecule has 160 valence electrons. The van der Waals surface area contributed by atoms with E-state index in [1.807, 2.05) is 40.6 Å². The first-order valence-electron chi connectivity index (χ1n) is 11.1. The Morgan fingerprint density at radius 2 is 1.80 bits per heavy atom. The van der Waals surface area contributed by atoms with Crippen molar-refractivity contribution < 1.29 is 9.59 Å². The molecule has 2 aromatic rings. The molecule has 2 amide bonds. The van der Waals surface area contributed by atoms with Gasteiger partial charge in [0.05, 0.1) is 12.0 Å². The summed E-state index contributed by atoms with van der Waals surface area (Å²) in [5.74, 6) is 1.19. The fraction of sp³-hybridized carbons (Fsp3) is 0.520. The number of carbonyl (C=O) groups is 2. The third-order valence-corrected chi connectivity index (χ3v) is 7.22. The van der Waals surface area contributed by atoms with Crippen molar-refractivity contribution in [1.29, 1.82) is 0 Å². The van der Waals surface area contributed by atoms with Crippen LogP contribution in [-0.4, -0.2) is 41.2 Å². The second-order valence-corrected chi connectivity index (χ2v) is 10.5. The standard InChI is InChI=1S/C25H32N2O2S/c1-16(2)13-27-23(21-10-7-11-30-21)22(19-8-5-6-9-20(19)24(27)28)25(29)26-14-17(3)12-18(4)15-26/h5-11,16-18,22-23H,12-15H2,1-4H3/t17-,18+,22-,23+/m0/s1. The maximum atomic E-state index is 14.0. The molecule has 2 aliphatic rings.